The van der Waals surface area contributed by atoms with E-state index in [2.05, 4.69) is 37.4 Å². The van der Waals surface area contributed by atoms with Gasteiger partial charge in [-0.1, -0.05) is 38.5 Å². The summed E-state index contributed by atoms with van der Waals surface area (Å²) in [6.07, 6.45) is 5.78. The van der Waals surface area contributed by atoms with Gasteiger partial charge in [0.1, 0.15) is 0 Å². The van der Waals surface area contributed by atoms with Crippen LogP contribution in [0, 0.1) is 5.92 Å². The SMILES string of the molecule is CCc1cccc(CC)c1NC(=O)C1CCCC(N)C1. The molecule has 0 bridgehead atoms. The summed E-state index contributed by atoms with van der Waals surface area (Å²) in [7, 11) is 0. The maximum Gasteiger partial charge on any atom is 0.227 e. The number of aryl methyl sites for hydroxylation is 2. The molecule has 3 N–H and O–H groups in total. The molecular formula is C17H26N2O. The van der Waals surface area contributed by atoms with E-state index in [1.54, 1.807) is 0 Å². The van der Waals surface area contributed by atoms with E-state index in [1.165, 1.54) is 11.1 Å². The molecule has 2 rings (SSSR count). The number of hydrogen-bond acceptors (Lipinski definition) is 2. The highest BCUT2D eigenvalue weighted by Gasteiger charge is 2.26. The molecule has 0 spiro atoms. The lowest BCUT2D eigenvalue weighted by atomic mass is 9.85. The lowest BCUT2D eigenvalue weighted by Gasteiger charge is -2.26. The van der Waals surface area contributed by atoms with Crippen molar-refractivity contribution in [1.29, 1.82) is 0 Å². The second-order valence-electron chi connectivity index (χ2n) is 5.77. The second-order valence-corrected chi connectivity index (χ2v) is 5.77. The highest BCUT2D eigenvalue weighted by atomic mass is 16.1. The van der Waals surface area contributed by atoms with E-state index in [4.69, 9.17) is 5.73 Å². The third-order valence-corrected chi connectivity index (χ3v) is 4.33. The van der Waals surface area contributed by atoms with Crippen molar-refractivity contribution in [3.63, 3.8) is 0 Å². The number of anilines is 1. The van der Waals surface area contributed by atoms with Crippen molar-refractivity contribution < 1.29 is 4.79 Å². The summed E-state index contributed by atoms with van der Waals surface area (Å²) in [6.45, 7) is 4.25. The van der Waals surface area contributed by atoms with Crippen LogP contribution in [0.1, 0.15) is 50.7 Å². The Hall–Kier alpha value is -1.35. The molecule has 110 valence electrons. The van der Waals surface area contributed by atoms with Crippen molar-refractivity contribution >= 4 is 11.6 Å². The lowest BCUT2D eigenvalue weighted by Crippen LogP contribution is -2.34. The van der Waals surface area contributed by atoms with Crippen LogP contribution in [0.2, 0.25) is 0 Å². The van der Waals surface area contributed by atoms with E-state index < -0.39 is 0 Å². The topological polar surface area (TPSA) is 55.1 Å². The summed E-state index contributed by atoms with van der Waals surface area (Å²) in [5, 5.41) is 3.18. The third-order valence-electron chi connectivity index (χ3n) is 4.33. The van der Waals surface area contributed by atoms with Crippen LogP contribution in [-0.2, 0) is 17.6 Å². The normalized spacial score (nSPS) is 22.6. The Kier molecular flexibility index (Phi) is 5.18. The smallest absolute Gasteiger partial charge is 0.227 e. The third kappa shape index (κ3) is 3.40. The fraction of sp³-hybridized carbons (Fsp3) is 0.588. The van der Waals surface area contributed by atoms with Crippen LogP contribution in [0.5, 0.6) is 0 Å². The zero-order valence-corrected chi connectivity index (χ0v) is 12.6. The summed E-state index contributed by atoms with van der Waals surface area (Å²) in [4.78, 5) is 12.5. The molecule has 1 amide bonds. The summed E-state index contributed by atoms with van der Waals surface area (Å²) in [6, 6.07) is 6.46. The van der Waals surface area contributed by atoms with Gasteiger partial charge in [0.15, 0.2) is 0 Å². The van der Waals surface area contributed by atoms with Gasteiger partial charge in [-0.2, -0.15) is 0 Å². The first-order valence-corrected chi connectivity index (χ1v) is 7.82. The number of benzene rings is 1. The van der Waals surface area contributed by atoms with Crippen molar-refractivity contribution in [1.82, 2.24) is 0 Å². The van der Waals surface area contributed by atoms with Crippen LogP contribution in [-0.4, -0.2) is 11.9 Å². The first kappa shape index (κ1) is 15.0. The largest absolute Gasteiger partial charge is 0.328 e. The Balaban J connectivity index is 2.14. The van der Waals surface area contributed by atoms with Gasteiger partial charge in [-0.15, -0.1) is 0 Å². The maximum atomic E-state index is 12.5. The van der Waals surface area contributed by atoms with Gasteiger partial charge in [-0.05, 0) is 43.2 Å². The molecule has 0 aliphatic heterocycles. The summed E-state index contributed by atoms with van der Waals surface area (Å²) in [5.41, 5.74) is 9.46. The molecule has 3 heteroatoms. The van der Waals surface area contributed by atoms with Gasteiger partial charge >= 0.3 is 0 Å². The number of rotatable bonds is 4. The molecule has 1 fully saturated rings. The van der Waals surface area contributed by atoms with Crippen LogP contribution in [0.3, 0.4) is 0 Å². The highest BCUT2D eigenvalue weighted by Crippen LogP contribution is 2.27. The second kappa shape index (κ2) is 6.89. The van der Waals surface area contributed by atoms with E-state index >= 15 is 0 Å². The fourth-order valence-corrected chi connectivity index (χ4v) is 3.09. The Labute approximate surface area is 121 Å². The van der Waals surface area contributed by atoms with Gasteiger partial charge in [0, 0.05) is 17.6 Å². The molecule has 3 nitrogen and oxygen atoms in total. The summed E-state index contributed by atoms with van der Waals surface area (Å²) in [5.74, 6) is 0.226. The van der Waals surface area contributed by atoms with Crippen LogP contribution in [0.15, 0.2) is 18.2 Å². The molecule has 0 heterocycles. The molecule has 1 aromatic carbocycles. The number of carbonyl (C=O) groups is 1. The van der Waals surface area contributed by atoms with Gasteiger partial charge in [0.25, 0.3) is 0 Å². The van der Waals surface area contributed by atoms with Crippen LogP contribution < -0.4 is 11.1 Å². The van der Waals surface area contributed by atoms with Gasteiger partial charge in [-0.25, -0.2) is 0 Å². The van der Waals surface area contributed by atoms with E-state index in [9.17, 15) is 4.79 Å². The molecule has 1 aliphatic rings. The predicted molar refractivity (Wildman–Crippen MR) is 83.8 cm³/mol. The van der Waals surface area contributed by atoms with Crippen LogP contribution in [0.4, 0.5) is 5.69 Å². The first-order chi connectivity index (χ1) is 9.65. The molecule has 1 aromatic rings. The Morgan fingerprint density at radius 2 is 1.90 bits per heavy atom. The standard InChI is InChI=1S/C17H26N2O/c1-3-12-7-5-8-13(4-2)16(12)19-17(20)14-9-6-10-15(18)11-14/h5,7-8,14-15H,3-4,6,9-11,18H2,1-2H3,(H,19,20). The first-order valence-electron chi connectivity index (χ1n) is 7.82. The molecule has 1 saturated carbocycles. The minimum Gasteiger partial charge on any atom is -0.328 e. The zero-order chi connectivity index (χ0) is 14.5. The Morgan fingerprint density at radius 1 is 1.25 bits per heavy atom. The Morgan fingerprint density at radius 3 is 2.45 bits per heavy atom. The predicted octanol–water partition coefficient (Wildman–Crippen LogP) is 3.27. The van der Waals surface area contributed by atoms with E-state index in [-0.39, 0.29) is 17.9 Å². The minimum atomic E-state index is 0.0772. The van der Waals surface area contributed by atoms with Crippen molar-refractivity contribution in [3.8, 4) is 0 Å². The molecule has 1 aliphatic carbocycles. The number of nitrogens with two attached hydrogens (primary N) is 1. The van der Waals surface area contributed by atoms with Crippen LogP contribution >= 0.6 is 0 Å². The zero-order valence-electron chi connectivity index (χ0n) is 12.6. The van der Waals surface area contributed by atoms with Crippen LogP contribution in [0.25, 0.3) is 0 Å². The summed E-state index contributed by atoms with van der Waals surface area (Å²) < 4.78 is 0. The molecule has 2 atom stereocenters. The lowest BCUT2D eigenvalue weighted by molar-refractivity contribution is -0.120. The molecule has 20 heavy (non-hydrogen) atoms. The number of hydrogen-bond donors (Lipinski definition) is 2. The fourth-order valence-electron chi connectivity index (χ4n) is 3.09. The maximum absolute atomic E-state index is 12.5. The number of carbonyl (C=O) groups excluding carboxylic acids is 1. The molecule has 0 aromatic heterocycles. The molecule has 0 saturated heterocycles. The van der Waals surface area contributed by atoms with Crippen molar-refractivity contribution in [2.24, 2.45) is 11.7 Å². The summed E-state index contributed by atoms with van der Waals surface area (Å²) >= 11 is 0. The molecule has 2 unspecified atom stereocenters. The van der Waals surface area contributed by atoms with Crippen molar-refractivity contribution in [2.75, 3.05) is 5.32 Å². The van der Waals surface area contributed by atoms with Gasteiger partial charge < -0.3 is 11.1 Å². The monoisotopic (exact) mass is 274 g/mol. The number of para-hydroxylation sites is 1. The highest BCUT2D eigenvalue weighted by molar-refractivity contribution is 5.94. The van der Waals surface area contributed by atoms with Gasteiger partial charge in [-0.3, -0.25) is 4.79 Å². The van der Waals surface area contributed by atoms with Gasteiger partial charge in [0.2, 0.25) is 5.91 Å². The molecular weight excluding hydrogens is 248 g/mol. The van der Waals surface area contributed by atoms with E-state index in [0.29, 0.717) is 0 Å². The molecule has 0 radical (unpaired) electrons. The van der Waals surface area contributed by atoms with Gasteiger partial charge in [0.05, 0.1) is 0 Å². The average Bonchev–Trinajstić information content (AvgIpc) is 2.47. The van der Waals surface area contributed by atoms with E-state index in [1.807, 2.05) is 0 Å². The minimum absolute atomic E-state index is 0.0772. The van der Waals surface area contributed by atoms with Crippen molar-refractivity contribution in [3.05, 3.63) is 29.3 Å². The number of nitrogens with one attached hydrogen (secondary N) is 1. The Bertz CT molecular complexity index is 448. The number of amides is 1. The average molecular weight is 274 g/mol. The van der Waals surface area contributed by atoms with Crippen molar-refractivity contribution in [2.45, 2.75) is 58.4 Å². The quantitative estimate of drug-likeness (QED) is 0.885. The van der Waals surface area contributed by atoms with E-state index in [0.717, 1.165) is 44.2 Å².